The van der Waals surface area contributed by atoms with Crippen molar-refractivity contribution in [2.75, 3.05) is 26.7 Å². The standard InChI is InChI=1S/C23H24Cl2N2O4/c1-31-20-7-3-2-6-16(20)10-12-27-14-17(21(28)23(27)30)22(29)26-11-4-5-15-8-9-18(24)19(25)13-15/h2-3,6-9,13,17H,4-5,10-12,14H2,1H3,(H,26,29). The highest BCUT2D eigenvalue weighted by Gasteiger charge is 2.42. The van der Waals surface area contributed by atoms with E-state index in [1.54, 1.807) is 19.2 Å². The summed E-state index contributed by atoms with van der Waals surface area (Å²) in [5, 5.41) is 3.76. The topological polar surface area (TPSA) is 75.7 Å². The van der Waals surface area contributed by atoms with Crippen molar-refractivity contribution < 1.29 is 19.1 Å². The zero-order valence-electron chi connectivity index (χ0n) is 17.2. The number of amides is 2. The van der Waals surface area contributed by atoms with E-state index in [9.17, 15) is 14.4 Å². The molecule has 31 heavy (non-hydrogen) atoms. The molecule has 0 radical (unpaired) electrons. The van der Waals surface area contributed by atoms with Gasteiger partial charge in [-0.15, -0.1) is 0 Å². The number of hydrogen-bond acceptors (Lipinski definition) is 4. The Balaban J connectivity index is 1.47. The van der Waals surface area contributed by atoms with Gasteiger partial charge in [-0.2, -0.15) is 0 Å². The van der Waals surface area contributed by atoms with Crippen LogP contribution in [0, 0.1) is 5.92 Å². The van der Waals surface area contributed by atoms with Crippen molar-refractivity contribution in [2.24, 2.45) is 5.92 Å². The van der Waals surface area contributed by atoms with E-state index < -0.39 is 23.5 Å². The number of carbonyl (C=O) groups is 3. The van der Waals surface area contributed by atoms with Crippen LogP contribution in [-0.4, -0.2) is 49.2 Å². The van der Waals surface area contributed by atoms with Gasteiger partial charge >= 0.3 is 0 Å². The van der Waals surface area contributed by atoms with Crippen molar-refractivity contribution in [2.45, 2.75) is 19.3 Å². The number of halogens is 2. The first kappa shape index (κ1) is 23.1. The highest BCUT2D eigenvalue weighted by atomic mass is 35.5. The molecule has 3 rings (SSSR count). The smallest absolute Gasteiger partial charge is 0.290 e. The Bertz CT molecular complexity index is 980. The van der Waals surface area contributed by atoms with Gasteiger partial charge in [0.2, 0.25) is 11.7 Å². The van der Waals surface area contributed by atoms with E-state index in [4.69, 9.17) is 27.9 Å². The number of ketones is 1. The number of nitrogens with one attached hydrogen (secondary N) is 1. The predicted molar refractivity (Wildman–Crippen MR) is 120 cm³/mol. The van der Waals surface area contributed by atoms with Crippen LogP contribution in [0.25, 0.3) is 0 Å². The molecule has 0 saturated carbocycles. The third-order valence-electron chi connectivity index (χ3n) is 5.30. The average Bonchev–Trinajstić information content (AvgIpc) is 3.06. The maximum absolute atomic E-state index is 12.5. The molecule has 6 nitrogen and oxygen atoms in total. The van der Waals surface area contributed by atoms with Crippen LogP contribution in [0.1, 0.15) is 17.5 Å². The zero-order chi connectivity index (χ0) is 22.4. The van der Waals surface area contributed by atoms with E-state index in [2.05, 4.69) is 5.32 Å². The number of carbonyl (C=O) groups excluding carboxylic acids is 3. The van der Waals surface area contributed by atoms with Crippen LogP contribution in [0.15, 0.2) is 42.5 Å². The highest BCUT2D eigenvalue weighted by molar-refractivity contribution is 6.42. The fraction of sp³-hybridized carbons (Fsp3) is 0.348. The van der Waals surface area contributed by atoms with Gasteiger partial charge in [0.1, 0.15) is 11.7 Å². The minimum absolute atomic E-state index is 0.103. The van der Waals surface area contributed by atoms with Crippen molar-refractivity contribution in [1.82, 2.24) is 10.2 Å². The van der Waals surface area contributed by atoms with Gasteiger partial charge in [-0.1, -0.05) is 47.5 Å². The van der Waals surface area contributed by atoms with Crippen LogP contribution in [0.3, 0.4) is 0 Å². The molecule has 2 aromatic carbocycles. The second-order valence-corrected chi connectivity index (χ2v) is 8.19. The van der Waals surface area contributed by atoms with Gasteiger partial charge in [0.25, 0.3) is 5.91 Å². The summed E-state index contributed by atoms with van der Waals surface area (Å²) in [6, 6.07) is 12.9. The summed E-state index contributed by atoms with van der Waals surface area (Å²) in [5.74, 6) is -1.90. The third kappa shape index (κ3) is 5.77. The minimum atomic E-state index is -0.963. The van der Waals surface area contributed by atoms with Crippen LogP contribution < -0.4 is 10.1 Å². The summed E-state index contributed by atoms with van der Waals surface area (Å²) in [4.78, 5) is 38.5. The lowest BCUT2D eigenvalue weighted by atomic mass is 10.1. The zero-order valence-corrected chi connectivity index (χ0v) is 18.7. The van der Waals surface area contributed by atoms with Crippen molar-refractivity contribution in [1.29, 1.82) is 0 Å². The molecule has 2 amide bonds. The SMILES string of the molecule is COc1ccccc1CCN1CC(C(=O)NCCCc2ccc(Cl)c(Cl)c2)C(=O)C1=O. The number of rotatable bonds is 9. The van der Waals surface area contributed by atoms with E-state index in [1.165, 1.54) is 4.90 Å². The van der Waals surface area contributed by atoms with E-state index in [-0.39, 0.29) is 6.54 Å². The normalized spacial score (nSPS) is 16.0. The molecule has 1 fully saturated rings. The molecule has 2 aromatic rings. The fourth-order valence-electron chi connectivity index (χ4n) is 3.57. The number of benzene rings is 2. The Morgan fingerprint density at radius 3 is 2.65 bits per heavy atom. The number of methoxy groups -OCH3 is 1. The molecule has 164 valence electrons. The summed E-state index contributed by atoms with van der Waals surface area (Å²) in [5.41, 5.74) is 1.96. The quantitative estimate of drug-likeness (QED) is 0.352. The molecule has 1 aliphatic heterocycles. The second-order valence-electron chi connectivity index (χ2n) is 7.37. The van der Waals surface area contributed by atoms with Gasteiger partial charge in [0.05, 0.1) is 17.2 Å². The van der Waals surface area contributed by atoms with Crippen LogP contribution in [-0.2, 0) is 27.2 Å². The van der Waals surface area contributed by atoms with Gasteiger partial charge in [-0.05, 0) is 48.6 Å². The lowest BCUT2D eigenvalue weighted by molar-refractivity contribution is -0.142. The lowest BCUT2D eigenvalue weighted by Crippen LogP contribution is -2.36. The molecule has 1 saturated heterocycles. The summed E-state index contributed by atoms with van der Waals surface area (Å²) in [6.07, 6.45) is 1.93. The summed E-state index contributed by atoms with van der Waals surface area (Å²) in [7, 11) is 1.59. The van der Waals surface area contributed by atoms with Crippen LogP contribution in [0.5, 0.6) is 5.75 Å². The maximum atomic E-state index is 12.5. The fourth-order valence-corrected chi connectivity index (χ4v) is 3.89. The Labute approximate surface area is 191 Å². The number of likely N-dealkylation sites (tertiary alicyclic amines) is 1. The molecule has 1 aliphatic rings. The van der Waals surface area contributed by atoms with Crippen LogP contribution >= 0.6 is 23.2 Å². The van der Waals surface area contributed by atoms with Gasteiger partial charge in [0.15, 0.2) is 0 Å². The second kappa shape index (κ2) is 10.6. The Kier molecular flexibility index (Phi) is 7.93. The summed E-state index contributed by atoms with van der Waals surface area (Å²) < 4.78 is 5.32. The van der Waals surface area contributed by atoms with Gasteiger partial charge in [-0.3, -0.25) is 14.4 Å². The van der Waals surface area contributed by atoms with Crippen LogP contribution in [0.4, 0.5) is 0 Å². The molecule has 8 heteroatoms. The van der Waals surface area contributed by atoms with Crippen molar-refractivity contribution in [3.63, 3.8) is 0 Å². The van der Waals surface area contributed by atoms with E-state index >= 15 is 0 Å². The first-order valence-electron chi connectivity index (χ1n) is 10.1. The molecule has 0 aliphatic carbocycles. The van der Waals surface area contributed by atoms with Gasteiger partial charge in [0, 0.05) is 19.6 Å². The van der Waals surface area contributed by atoms with Gasteiger partial charge in [-0.25, -0.2) is 0 Å². The van der Waals surface area contributed by atoms with Crippen molar-refractivity contribution in [3.05, 3.63) is 63.6 Å². The number of aryl methyl sites for hydroxylation is 1. The number of hydrogen-bond donors (Lipinski definition) is 1. The van der Waals surface area contributed by atoms with Gasteiger partial charge < -0.3 is 15.0 Å². The number of nitrogens with zero attached hydrogens (tertiary/aromatic N) is 1. The predicted octanol–water partition coefficient (Wildman–Crippen LogP) is 3.32. The Morgan fingerprint density at radius 1 is 1.13 bits per heavy atom. The first-order valence-corrected chi connectivity index (χ1v) is 10.8. The first-order chi connectivity index (χ1) is 14.9. The number of Topliss-reactive ketones (excluding diaryl/α,β-unsaturated/α-hetero) is 1. The lowest BCUT2D eigenvalue weighted by Gasteiger charge is -2.16. The number of para-hydroxylation sites is 1. The molecule has 1 atom stereocenters. The van der Waals surface area contributed by atoms with Crippen molar-refractivity contribution in [3.8, 4) is 5.75 Å². The van der Waals surface area contributed by atoms with E-state index in [1.807, 2.05) is 30.3 Å². The van der Waals surface area contributed by atoms with E-state index in [0.717, 1.165) is 16.9 Å². The molecule has 1 N–H and O–H groups in total. The number of ether oxygens (including phenoxy) is 1. The molecular weight excluding hydrogens is 439 g/mol. The molecule has 0 bridgehead atoms. The molecule has 1 heterocycles. The Hall–Kier alpha value is -2.57. The molecule has 0 spiro atoms. The maximum Gasteiger partial charge on any atom is 0.290 e. The minimum Gasteiger partial charge on any atom is -0.496 e. The van der Waals surface area contributed by atoms with E-state index in [0.29, 0.717) is 42.4 Å². The van der Waals surface area contributed by atoms with Crippen LogP contribution in [0.2, 0.25) is 10.0 Å². The molecule has 0 aromatic heterocycles. The largest absolute Gasteiger partial charge is 0.496 e. The third-order valence-corrected chi connectivity index (χ3v) is 6.04. The van der Waals surface area contributed by atoms with Crippen molar-refractivity contribution >= 4 is 40.8 Å². The average molecular weight is 463 g/mol. The summed E-state index contributed by atoms with van der Waals surface area (Å²) in [6.45, 7) is 0.857. The summed E-state index contributed by atoms with van der Waals surface area (Å²) >= 11 is 11.9. The monoisotopic (exact) mass is 462 g/mol. The highest BCUT2D eigenvalue weighted by Crippen LogP contribution is 2.23. The molecular formula is C23H24Cl2N2O4. The molecule has 1 unspecified atom stereocenters. The Morgan fingerprint density at radius 2 is 1.90 bits per heavy atom.